The predicted octanol–water partition coefficient (Wildman–Crippen LogP) is 4.41. The maximum Gasteiger partial charge on any atom is 0.325 e. The molecule has 2 N–H and O–H groups in total. The largest absolute Gasteiger partial charge is 0.495 e. The van der Waals surface area contributed by atoms with Gasteiger partial charge in [-0.3, -0.25) is 4.90 Å². The zero-order chi connectivity index (χ0) is 25.6. The molecule has 2 amide bonds. The highest BCUT2D eigenvalue weighted by molar-refractivity contribution is 5.81. The molecule has 1 aromatic rings. The standard InChI is InChI=1S/C29H38N4O3/c1-21-16-24(25(36-3)17-22(21)18-30)32-19-27(33(26(32)34)20-28(35)10-7-11-28)12-14-29(31-2,15-13-27)23-8-5-4-6-9-23/h4-6,8-9,17,21,31,35H,7,10-16,19-20H2,1-3H3/t21?,27-,29+. The van der Waals surface area contributed by atoms with Crippen LogP contribution in [0.4, 0.5) is 4.79 Å². The first-order valence-corrected chi connectivity index (χ1v) is 13.2. The molecule has 1 aromatic carbocycles. The van der Waals surface area contributed by atoms with Crippen molar-refractivity contribution in [2.75, 3.05) is 27.2 Å². The third-order valence-electron chi connectivity index (χ3n) is 9.34. The number of β-amino-alcohol motifs (C(OH)–C–C–N with tert-alkyl or cyclic N) is 1. The molecule has 192 valence electrons. The summed E-state index contributed by atoms with van der Waals surface area (Å²) in [6, 6.07) is 12.8. The van der Waals surface area contributed by atoms with Crippen LogP contribution < -0.4 is 5.32 Å². The average Bonchev–Trinajstić information content (AvgIpc) is 3.15. The number of amides is 2. The highest BCUT2D eigenvalue weighted by Gasteiger charge is 2.56. The zero-order valence-electron chi connectivity index (χ0n) is 21.7. The Morgan fingerprint density at radius 2 is 1.86 bits per heavy atom. The van der Waals surface area contributed by atoms with Crippen LogP contribution in [-0.2, 0) is 10.3 Å². The third kappa shape index (κ3) is 4.01. The number of hydrogen-bond acceptors (Lipinski definition) is 5. The van der Waals surface area contributed by atoms with Gasteiger partial charge >= 0.3 is 6.03 Å². The molecule has 7 nitrogen and oxygen atoms in total. The minimum absolute atomic E-state index is 0.0268. The van der Waals surface area contributed by atoms with Crippen molar-refractivity contribution in [2.24, 2.45) is 5.92 Å². The van der Waals surface area contributed by atoms with Gasteiger partial charge < -0.3 is 20.1 Å². The van der Waals surface area contributed by atoms with E-state index in [0.717, 1.165) is 50.6 Å². The molecule has 1 unspecified atom stereocenters. The lowest BCUT2D eigenvalue weighted by Crippen LogP contribution is -2.59. The number of nitrogens with zero attached hydrogens (tertiary/aromatic N) is 3. The number of allylic oxidation sites excluding steroid dienone is 3. The number of methoxy groups -OCH3 is 1. The van der Waals surface area contributed by atoms with Gasteiger partial charge in [0, 0.05) is 11.1 Å². The van der Waals surface area contributed by atoms with Crippen molar-refractivity contribution >= 4 is 6.03 Å². The summed E-state index contributed by atoms with van der Waals surface area (Å²) in [7, 11) is 3.63. The Kier molecular flexibility index (Phi) is 6.38. The van der Waals surface area contributed by atoms with Gasteiger partial charge in [-0.25, -0.2) is 4.79 Å². The second-order valence-corrected chi connectivity index (χ2v) is 11.3. The number of benzene rings is 1. The Bertz CT molecular complexity index is 1110. The van der Waals surface area contributed by atoms with Gasteiger partial charge in [-0.1, -0.05) is 37.3 Å². The lowest BCUT2D eigenvalue weighted by atomic mass is 9.68. The number of ether oxygens (including phenoxy) is 1. The van der Waals surface area contributed by atoms with E-state index in [1.54, 1.807) is 13.2 Å². The molecule has 4 aliphatic rings. The van der Waals surface area contributed by atoms with E-state index in [-0.39, 0.29) is 23.0 Å². The maximum absolute atomic E-state index is 14.1. The number of nitriles is 1. The van der Waals surface area contributed by atoms with Gasteiger partial charge in [0.15, 0.2) is 0 Å². The monoisotopic (exact) mass is 490 g/mol. The molecule has 36 heavy (non-hydrogen) atoms. The highest BCUT2D eigenvalue weighted by Crippen LogP contribution is 2.49. The van der Waals surface area contributed by atoms with E-state index in [2.05, 4.69) is 35.7 Å². The Morgan fingerprint density at radius 1 is 1.17 bits per heavy atom. The summed E-state index contributed by atoms with van der Waals surface area (Å²) in [4.78, 5) is 17.9. The molecule has 1 atom stereocenters. The lowest BCUT2D eigenvalue weighted by molar-refractivity contribution is -0.0690. The van der Waals surface area contributed by atoms with Crippen molar-refractivity contribution in [3.63, 3.8) is 0 Å². The first kappa shape index (κ1) is 24.9. The van der Waals surface area contributed by atoms with Gasteiger partial charge in [0.05, 0.1) is 43.1 Å². The van der Waals surface area contributed by atoms with Gasteiger partial charge in [-0.05, 0) is 76.0 Å². The Hall–Kier alpha value is -2.82. The number of urea groups is 1. The SMILES string of the molecule is CN[C@]1(c2ccccc2)CC[C@]2(CC1)CN(C1=C(OC)C=C(C#N)C(C)C1)C(=O)N2CC1(O)CCC1. The second-order valence-electron chi connectivity index (χ2n) is 11.3. The molecule has 1 aliphatic heterocycles. The molecule has 1 saturated heterocycles. The zero-order valence-corrected chi connectivity index (χ0v) is 21.7. The van der Waals surface area contributed by atoms with E-state index in [1.807, 2.05) is 29.8 Å². The van der Waals surface area contributed by atoms with Gasteiger partial charge in [0.2, 0.25) is 0 Å². The molecule has 3 fully saturated rings. The van der Waals surface area contributed by atoms with Crippen molar-refractivity contribution < 1.29 is 14.6 Å². The Balaban J connectivity index is 1.48. The van der Waals surface area contributed by atoms with Crippen LogP contribution in [0.3, 0.4) is 0 Å². The maximum atomic E-state index is 14.1. The summed E-state index contributed by atoms with van der Waals surface area (Å²) in [6.45, 7) is 2.99. The van der Waals surface area contributed by atoms with Crippen molar-refractivity contribution in [2.45, 2.75) is 75.0 Å². The first-order valence-electron chi connectivity index (χ1n) is 13.2. The first-order chi connectivity index (χ1) is 17.3. The molecular formula is C29H38N4O3. The highest BCUT2D eigenvalue weighted by atomic mass is 16.5. The molecule has 2 saturated carbocycles. The number of nitrogens with one attached hydrogen (secondary N) is 1. The predicted molar refractivity (Wildman–Crippen MR) is 137 cm³/mol. The molecule has 0 aromatic heterocycles. The summed E-state index contributed by atoms with van der Waals surface area (Å²) >= 11 is 0. The van der Waals surface area contributed by atoms with Crippen LogP contribution in [0.2, 0.25) is 0 Å². The minimum Gasteiger partial charge on any atom is -0.495 e. The van der Waals surface area contributed by atoms with Gasteiger partial charge in [-0.2, -0.15) is 5.26 Å². The van der Waals surface area contributed by atoms with E-state index in [9.17, 15) is 15.2 Å². The molecule has 3 aliphatic carbocycles. The smallest absolute Gasteiger partial charge is 0.325 e. The van der Waals surface area contributed by atoms with Crippen molar-refractivity contribution in [3.8, 4) is 6.07 Å². The quantitative estimate of drug-likeness (QED) is 0.617. The summed E-state index contributed by atoms with van der Waals surface area (Å²) in [5.74, 6) is 0.626. The van der Waals surface area contributed by atoms with Crippen LogP contribution in [0.25, 0.3) is 0 Å². The fraction of sp³-hybridized carbons (Fsp3) is 0.586. The Labute approximate surface area is 214 Å². The van der Waals surface area contributed by atoms with Gasteiger partial charge in [0.25, 0.3) is 0 Å². The van der Waals surface area contributed by atoms with Crippen LogP contribution in [0.1, 0.15) is 63.9 Å². The molecule has 0 radical (unpaired) electrons. The topological polar surface area (TPSA) is 88.8 Å². The van der Waals surface area contributed by atoms with E-state index < -0.39 is 5.60 Å². The normalized spacial score (nSPS) is 31.8. The van der Waals surface area contributed by atoms with Crippen LogP contribution in [0.15, 0.2) is 53.4 Å². The third-order valence-corrected chi connectivity index (χ3v) is 9.34. The molecular weight excluding hydrogens is 452 g/mol. The van der Waals surface area contributed by atoms with Crippen molar-refractivity contribution in [1.29, 1.82) is 5.26 Å². The average molecular weight is 491 g/mol. The minimum atomic E-state index is -0.790. The molecule has 7 heteroatoms. The number of carbonyl (C=O) groups excluding carboxylic acids is 1. The summed E-state index contributed by atoms with van der Waals surface area (Å²) in [6.07, 6.45) is 8.40. The van der Waals surface area contributed by atoms with Crippen molar-refractivity contribution in [3.05, 3.63) is 59.0 Å². The van der Waals surface area contributed by atoms with E-state index >= 15 is 0 Å². The van der Waals surface area contributed by atoms with E-state index in [0.29, 0.717) is 30.8 Å². The molecule has 0 bridgehead atoms. The number of carbonyl (C=O) groups is 1. The summed E-state index contributed by atoms with van der Waals surface area (Å²) < 4.78 is 5.68. The van der Waals surface area contributed by atoms with Gasteiger partial charge in [0.1, 0.15) is 5.76 Å². The van der Waals surface area contributed by atoms with Crippen LogP contribution in [-0.4, -0.2) is 59.3 Å². The van der Waals surface area contributed by atoms with Crippen molar-refractivity contribution in [1.82, 2.24) is 15.1 Å². The van der Waals surface area contributed by atoms with Crippen LogP contribution >= 0.6 is 0 Å². The fourth-order valence-corrected chi connectivity index (χ4v) is 6.72. The van der Waals surface area contributed by atoms with E-state index in [4.69, 9.17) is 4.74 Å². The second kappa shape index (κ2) is 9.24. The summed E-state index contributed by atoms with van der Waals surface area (Å²) in [5, 5.41) is 24.3. The van der Waals surface area contributed by atoms with Crippen LogP contribution in [0.5, 0.6) is 0 Å². The lowest BCUT2D eigenvalue weighted by Gasteiger charge is -2.50. The molecule has 5 rings (SSSR count). The number of hydrogen-bond donors (Lipinski definition) is 2. The van der Waals surface area contributed by atoms with Crippen LogP contribution in [0, 0.1) is 17.2 Å². The fourth-order valence-electron chi connectivity index (χ4n) is 6.72. The van der Waals surface area contributed by atoms with E-state index in [1.165, 1.54) is 5.56 Å². The molecule has 1 heterocycles. The molecule has 1 spiro atoms. The Morgan fingerprint density at radius 3 is 2.42 bits per heavy atom. The van der Waals surface area contributed by atoms with Gasteiger partial charge in [-0.15, -0.1) is 0 Å². The number of rotatable bonds is 6. The number of aliphatic hydroxyl groups is 1. The summed E-state index contributed by atoms with van der Waals surface area (Å²) in [5.41, 5.74) is 1.56.